The maximum atomic E-state index is 4.06. The van der Waals surface area contributed by atoms with Crippen molar-refractivity contribution in [2.45, 2.75) is 38.6 Å². The Kier molecular flexibility index (Phi) is 5.80. The van der Waals surface area contributed by atoms with Crippen LogP contribution in [0.25, 0.3) is 0 Å². The van der Waals surface area contributed by atoms with E-state index in [1.165, 1.54) is 31.4 Å². The van der Waals surface area contributed by atoms with E-state index in [0.717, 1.165) is 31.5 Å². The number of hydrogen-bond acceptors (Lipinski definition) is 3. The van der Waals surface area contributed by atoms with E-state index in [-0.39, 0.29) is 0 Å². The zero-order valence-corrected chi connectivity index (χ0v) is 12.3. The molecule has 1 N–H and O–H groups in total. The van der Waals surface area contributed by atoms with Crippen molar-refractivity contribution in [2.75, 3.05) is 26.7 Å². The highest BCUT2D eigenvalue weighted by Crippen LogP contribution is 2.26. The number of likely N-dealkylation sites (N-methyl/N-ethyl adjacent to an activating group) is 1. The fourth-order valence-electron chi connectivity index (χ4n) is 3.15. The Balaban J connectivity index is 1.73. The third-order valence-corrected chi connectivity index (χ3v) is 4.20. The van der Waals surface area contributed by atoms with Crippen LogP contribution in [0.2, 0.25) is 0 Å². The van der Waals surface area contributed by atoms with Crippen LogP contribution in [0.5, 0.6) is 0 Å². The summed E-state index contributed by atoms with van der Waals surface area (Å²) >= 11 is 0. The Morgan fingerprint density at radius 2 is 2.11 bits per heavy atom. The van der Waals surface area contributed by atoms with Crippen LogP contribution in [0.3, 0.4) is 0 Å². The molecule has 19 heavy (non-hydrogen) atoms. The zero-order valence-electron chi connectivity index (χ0n) is 12.3. The van der Waals surface area contributed by atoms with Gasteiger partial charge in [-0.3, -0.25) is 4.98 Å². The zero-order chi connectivity index (χ0) is 13.5. The van der Waals surface area contributed by atoms with Crippen LogP contribution in [0.4, 0.5) is 0 Å². The van der Waals surface area contributed by atoms with Gasteiger partial charge in [-0.05, 0) is 56.5 Å². The highest BCUT2D eigenvalue weighted by Gasteiger charge is 2.26. The number of pyridine rings is 1. The minimum atomic E-state index is 0.744. The first kappa shape index (κ1) is 14.5. The van der Waals surface area contributed by atoms with Crippen LogP contribution in [0, 0.1) is 5.92 Å². The predicted molar refractivity (Wildman–Crippen MR) is 80.2 cm³/mol. The smallest absolute Gasteiger partial charge is 0.0270 e. The molecule has 1 aromatic heterocycles. The van der Waals surface area contributed by atoms with Gasteiger partial charge < -0.3 is 10.2 Å². The van der Waals surface area contributed by atoms with Gasteiger partial charge in [0.2, 0.25) is 0 Å². The van der Waals surface area contributed by atoms with E-state index in [1.807, 2.05) is 12.4 Å². The number of nitrogens with zero attached hydrogens (tertiary/aromatic N) is 2. The van der Waals surface area contributed by atoms with E-state index in [0.29, 0.717) is 0 Å². The van der Waals surface area contributed by atoms with Crippen molar-refractivity contribution in [3.05, 3.63) is 30.1 Å². The van der Waals surface area contributed by atoms with Crippen molar-refractivity contribution in [1.29, 1.82) is 0 Å². The number of aromatic nitrogens is 1. The van der Waals surface area contributed by atoms with Crippen LogP contribution in [0.15, 0.2) is 24.5 Å². The molecule has 1 fully saturated rings. The van der Waals surface area contributed by atoms with Gasteiger partial charge in [0.25, 0.3) is 0 Å². The van der Waals surface area contributed by atoms with Gasteiger partial charge in [-0.25, -0.2) is 0 Å². The molecule has 2 rings (SSSR count). The molecule has 0 radical (unpaired) electrons. The Morgan fingerprint density at radius 1 is 1.32 bits per heavy atom. The molecule has 0 amide bonds. The SMILES string of the molecule is CCNC1CCCC1CN(C)CCc1ccncc1. The second-order valence-corrected chi connectivity index (χ2v) is 5.72. The van der Waals surface area contributed by atoms with Gasteiger partial charge in [0, 0.05) is 31.5 Å². The summed E-state index contributed by atoms with van der Waals surface area (Å²) in [5.74, 6) is 0.836. The number of rotatable bonds is 7. The number of hydrogen-bond donors (Lipinski definition) is 1. The van der Waals surface area contributed by atoms with E-state index in [9.17, 15) is 0 Å². The summed E-state index contributed by atoms with van der Waals surface area (Å²) in [4.78, 5) is 6.55. The number of nitrogens with one attached hydrogen (secondary N) is 1. The van der Waals surface area contributed by atoms with Crippen molar-refractivity contribution in [2.24, 2.45) is 5.92 Å². The van der Waals surface area contributed by atoms with Crippen LogP contribution in [0.1, 0.15) is 31.7 Å². The summed E-state index contributed by atoms with van der Waals surface area (Å²) in [6.07, 6.45) is 9.02. The summed E-state index contributed by atoms with van der Waals surface area (Å²) in [6, 6.07) is 4.98. The van der Waals surface area contributed by atoms with Crippen LogP contribution in [-0.2, 0) is 6.42 Å². The Morgan fingerprint density at radius 3 is 2.84 bits per heavy atom. The minimum absolute atomic E-state index is 0.744. The molecule has 1 aromatic rings. The highest BCUT2D eigenvalue weighted by molar-refractivity contribution is 5.09. The van der Waals surface area contributed by atoms with Gasteiger partial charge in [0.05, 0.1) is 0 Å². The van der Waals surface area contributed by atoms with Gasteiger partial charge in [-0.2, -0.15) is 0 Å². The fraction of sp³-hybridized carbons (Fsp3) is 0.688. The summed E-state index contributed by atoms with van der Waals surface area (Å²) in [6.45, 7) is 5.67. The molecule has 1 aliphatic carbocycles. The van der Waals surface area contributed by atoms with Gasteiger partial charge in [0.15, 0.2) is 0 Å². The first-order chi connectivity index (χ1) is 9.29. The lowest BCUT2D eigenvalue weighted by Crippen LogP contribution is -2.38. The van der Waals surface area contributed by atoms with E-state index < -0.39 is 0 Å². The van der Waals surface area contributed by atoms with Crippen LogP contribution < -0.4 is 5.32 Å². The molecule has 0 bridgehead atoms. The highest BCUT2D eigenvalue weighted by atomic mass is 15.1. The first-order valence-electron chi connectivity index (χ1n) is 7.60. The van der Waals surface area contributed by atoms with E-state index in [2.05, 4.69) is 41.3 Å². The molecule has 2 atom stereocenters. The topological polar surface area (TPSA) is 28.2 Å². The molecule has 0 aromatic carbocycles. The van der Waals surface area contributed by atoms with Crippen molar-refractivity contribution >= 4 is 0 Å². The lowest BCUT2D eigenvalue weighted by atomic mass is 10.0. The average molecular weight is 261 g/mol. The molecule has 3 heteroatoms. The molecule has 1 saturated carbocycles. The third-order valence-electron chi connectivity index (χ3n) is 4.20. The molecule has 1 heterocycles. The third kappa shape index (κ3) is 4.59. The Bertz CT molecular complexity index is 352. The molecule has 0 spiro atoms. The van der Waals surface area contributed by atoms with Gasteiger partial charge in [-0.1, -0.05) is 13.3 Å². The van der Waals surface area contributed by atoms with Crippen molar-refractivity contribution in [3.63, 3.8) is 0 Å². The summed E-state index contributed by atoms with van der Waals surface area (Å²) in [5, 5.41) is 3.64. The van der Waals surface area contributed by atoms with E-state index >= 15 is 0 Å². The minimum Gasteiger partial charge on any atom is -0.314 e. The largest absolute Gasteiger partial charge is 0.314 e. The Labute approximate surface area is 117 Å². The molecule has 1 aliphatic rings. The second kappa shape index (κ2) is 7.61. The first-order valence-corrected chi connectivity index (χ1v) is 7.60. The molecule has 2 unspecified atom stereocenters. The van der Waals surface area contributed by atoms with Gasteiger partial charge in [0.1, 0.15) is 0 Å². The molecule has 3 nitrogen and oxygen atoms in total. The van der Waals surface area contributed by atoms with E-state index in [4.69, 9.17) is 0 Å². The second-order valence-electron chi connectivity index (χ2n) is 5.72. The van der Waals surface area contributed by atoms with Crippen molar-refractivity contribution in [1.82, 2.24) is 15.2 Å². The fourth-order valence-corrected chi connectivity index (χ4v) is 3.15. The molecular formula is C16H27N3. The Hall–Kier alpha value is -0.930. The van der Waals surface area contributed by atoms with E-state index in [1.54, 1.807) is 0 Å². The molecule has 0 saturated heterocycles. The van der Waals surface area contributed by atoms with Crippen LogP contribution in [-0.4, -0.2) is 42.6 Å². The maximum Gasteiger partial charge on any atom is 0.0270 e. The molecule has 106 valence electrons. The summed E-state index contributed by atoms with van der Waals surface area (Å²) in [7, 11) is 2.25. The van der Waals surface area contributed by atoms with Crippen molar-refractivity contribution in [3.8, 4) is 0 Å². The quantitative estimate of drug-likeness (QED) is 0.816. The summed E-state index contributed by atoms with van der Waals surface area (Å²) < 4.78 is 0. The normalized spacial score (nSPS) is 23.1. The lowest BCUT2D eigenvalue weighted by Gasteiger charge is -2.26. The van der Waals surface area contributed by atoms with Crippen molar-refractivity contribution < 1.29 is 0 Å². The summed E-state index contributed by atoms with van der Waals surface area (Å²) in [5.41, 5.74) is 1.39. The van der Waals surface area contributed by atoms with Gasteiger partial charge in [-0.15, -0.1) is 0 Å². The molecular weight excluding hydrogens is 234 g/mol. The lowest BCUT2D eigenvalue weighted by molar-refractivity contribution is 0.254. The maximum absolute atomic E-state index is 4.06. The standard InChI is InChI=1S/C16H27N3/c1-3-18-16-6-4-5-15(16)13-19(2)12-9-14-7-10-17-11-8-14/h7-8,10-11,15-16,18H,3-6,9,12-13H2,1-2H3. The predicted octanol–water partition coefficient (Wildman–Crippen LogP) is 2.33. The van der Waals surface area contributed by atoms with Crippen LogP contribution >= 0.6 is 0 Å². The monoisotopic (exact) mass is 261 g/mol. The average Bonchev–Trinajstić information content (AvgIpc) is 2.85. The molecule has 0 aliphatic heterocycles. The van der Waals surface area contributed by atoms with Gasteiger partial charge >= 0.3 is 0 Å².